The first-order valence-corrected chi connectivity index (χ1v) is 8.36. The molecular formula is C14H25N3O2S. The normalized spacial score (nSPS) is 31.1. The topological polar surface area (TPSA) is 78.9 Å². The number of oxime groups is 1. The first-order valence-electron chi connectivity index (χ1n) is 7.42. The molecule has 2 aliphatic rings. The molecule has 0 aromatic rings. The van der Waals surface area contributed by atoms with E-state index in [9.17, 15) is 4.79 Å². The van der Waals surface area contributed by atoms with Crippen molar-refractivity contribution in [2.24, 2.45) is 16.3 Å². The van der Waals surface area contributed by atoms with Gasteiger partial charge in [-0.25, -0.2) is 0 Å². The number of amides is 1. The number of nitrogens with zero attached hydrogens (tertiary/aromatic N) is 2. The Balaban J connectivity index is 2.22. The second kappa shape index (κ2) is 6.24. The van der Waals surface area contributed by atoms with Crippen molar-refractivity contribution in [1.82, 2.24) is 4.90 Å². The molecule has 5 nitrogen and oxygen atoms in total. The van der Waals surface area contributed by atoms with Gasteiger partial charge in [0.05, 0.1) is 0 Å². The zero-order chi connectivity index (χ0) is 14.8. The fourth-order valence-electron chi connectivity index (χ4n) is 3.48. The van der Waals surface area contributed by atoms with Crippen LogP contribution in [0.2, 0.25) is 0 Å². The molecule has 0 spiro atoms. The highest BCUT2D eigenvalue weighted by Crippen LogP contribution is 2.39. The molecule has 0 bridgehead atoms. The molecule has 1 aliphatic carbocycles. The van der Waals surface area contributed by atoms with Crippen molar-refractivity contribution in [1.29, 1.82) is 0 Å². The molecule has 1 saturated carbocycles. The van der Waals surface area contributed by atoms with E-state index in [1.807, 2.05) is 16.7 Å². The van der Waals surface area contributed by atoms with Crippen molar-refractivity contribution >= 4 is 23.5 Å². The van der Waals surface area contributed by atoms with E-state index in [4.69, 9.17) is 10.9 Å². The number of nitrogens with two attached hydrogens (primary N) is 1. The van der Waals surface area contributed by atoms with Crippen LogP contribution in [0.4, 0.5) is 0 Å². The SMILES string of the molecule is CC1CN(C(=O)C2(C(N)=NO)CCCCC2)CC(C)S1. The molecule has 114 valence electrons. The minimum Gasteiger partial charge on any atom is -0.409 e. The van der Waals surface area contributed by atoms with Gasteiger partial charge < -0.3 is 15.8 Å². The molecule has 1 amide bonds. The maximum atomic E-state index is 13.0. The van der Waals surface area contributed by atoms with Gasteiger partial charge in [0, 0.05) is 23.6 Å². The van der Waals surface area contributed by atoms with Crippen LogP contribution in [-0.2, 0) is 4.79 Å². The molecule has 1 aliphatic heterocycles. The van der Waals surface area contributed by atoms with Gasteiger partial charge in [-0.15, -0.1) is 0 Å². The van der Waals surface area contributed by atoms with Gasteiger partial charge in [-0.05, 0) is 12.8 Å². The number of amidine groups is 1. The second-order valence-corrected chi connectivity index (χ2v) is 7.98. The molecule has 1 heterocycles. The first-order chi connectivity index (χ1) is 9.49. The van der Waals surface area contributed by atoms with Crippen molar-refractivity contribution in [2.75, 3.05) is 13.1 Å². The summed E-state index contributed by atoms with van der Waals surface area (Å²) in [5, 5.41) is 13.2. The third kappa shape index (κ3) is 2.90. The van der Waals surface area contributed by atoms with E-state index in [0.29, 0.717) is 23.3 Å². The lowest BCUT2D eigenvalue weighted by Gasteiger charge is -2.42. The quantitative estimate of drug-likeness (QED) is 0.354. The van der Waals surface area contributed by atoms with Gasteiger partial charge in [0.25, 0.3) is 0 Å². The fraction of sp³-hybridized carbons (Fsp3) is 0.857. The van der Waals surface area contributed by atoms with Crippen LogP contribution in [0.3, 0.4) is 0 Å². The summed E-state index contributed by atoms with van der Waals surface area (Å²) in [4.78, 5) is 14.9. The Morgan fingerprint density at radius 1 is 1.25 bits per heavy atom. The average molecular weight is 299 g/mol. The second-order valence-electron chi connectivity index (χ2n) is 6.10. The largest absolute Gasteiger partial charge is 0.409 e. The summed E-state index contributed by atoms with van der Waals surface area (Å²) in [6, 6.07) is 0. The van der Waals surface area contributed by atoms with Crippen molar-refractivity contribution in [2.45, 2.75) is 56.5 Å². The maximum absolute atomic E-state index is 13.0. The lowest BCUT2D eigenvalue weighted by Crippen LogP contribution is -2.56. The lowest BCUT2D eigenvalue weighted by molar-refractivity contribution is -0.140. The van der Waals surface area contributed by atoms with Gasteiger partial charge in [-0.3, -0.25) is 4.79 Å². The smallest absolute Gasteiger partial charge is 0.236 e. The van der Waals surface area contributed by atoms with Crippen molar-refractivity contribution in [3.63, 3.8) is 0 Å². The third-order valence-corrected chi connectivity index (χ3v) is 5.65. The molecule has 20 heavy (non-hydrogen) atoms. The highest BCUT2D eigenvalue weighted by Gasteiger charge is 2.47. The van der Waals surface area contributed by atoms with Crippen LogP contribution in [-0.4, -0.2) is 45.4 Å². The van der Waals surface area contributed by atoms with E-state index in [2.05, 4.69) is 19.0 Å². The molecule has 2 atom stereocenters. The molecule has 2 fully saturated rings. The monoisotopic (exact) mass is 299 g/mol. The van der Waals surface area contributed by atoms with Crippen LogP contribution in [0.5, 0.6) is 0 Å². The van der Waals surface area contributed by atoms with E-state index in [1.165, 1.54) is 0 Å². The maximum Gasteiger partial charge on any atom is 0.236 e. The number of hydrogen-bond acceptors (Lipinski definition) is 4. The zero-order valence-corrected chi connectivity index (χ0v) is 13.2. The molecule has 0 radical (unpaired) electrons. The number of carbonyl (C=O) groups is 1. The number of hydrogen-bond donors (Lipinski definition) is 2. The number of rotatable bonds is 2. The van der Waals surface area contributed by atoms with Gasteiger partial charge in [-0.1, -0.05) is 38.3 Å². The summed E-state index contributed by atoms with van der Waals surface area (Å²) in [6.45, 7) is 5.82. The fourth-order valence-corrected chi connectivity index (χ4v) is 4.80. The van der Waals surface area contributed by atoms with Crippen LogP contribution in [0.1, 0.15) is 46.0 Å². The van der Waals surface area contributed by atoms with Crippen LogP contribution in [0.25, 0.3) is 0 Å². The zero-order valence-electron chi connectivity index (χ0n) is 12.3. The Bertz CT molecular complexity index is 384. The minimum absolute atomic E-state index is 0.0616. The molecule has 1 saturated heterocycles. The summed E-state index contributed by atoms with van der Waals surface area (Å²) in [7, 11) is 0. The standard InChI is InChI=1S/C14H25N3O2S/c1-10-8-17(9-11(2)20-10)13(18)14(12(15)16-19)6-4-3-5-7-14/h10-11,19H,3-9H2,1-2H3,(H2,15,16). The van der Waals surface area contributed by atoms with Gasteiger partial charge >= 0.3 is 0 Å². The Morgan fingerprint density at radius 3 is 2.30 bits per heavy atom. The Kier molecular flexibility index (Phi) is 4.83. The molecule has 2 unspecified atom stereocenters. The van der Waals surface area contributed by atoms with Crippen LogP contribution >= 0.6 is 11.8 Å². The summed E-state index contributed by atoms with van der Waals surface area (Å²) >= 11 is 1.92. The number of thioether (sulfide) groups is 1. The number of carbonyl (C=O) groups excluding carboxylic acids is 1. The van der Waals surface area contributed by atoms with Crippen molar-refractivity contribution in [3.05, 3.63) is 0 Å². The van der Waals surface area contributed by atoms with Gasteiger partial charge in [-0.2, -0.15) is 11.8 Å². The van der Waals surface area contributed by atoms with E-state index in [1.54, 1.807) is 0 Å². The molecule has 0 aromatic carbocycles. The summed E-state index contributed by atoms with van der Waals surface area (Å²) in [5.41, 5.74) is 5.14. The van der Waals surface area contributed by atoms with E-state index < -0.39 is 5.41 Å². The van der Waals surface area contributed by atoms with Gasteiger partial charge in [0.1, 0.15) is 5.41 Å². The van der Waals surface area contributed by atoms with Crippen LogP contribution in [0.15, 0.2) is 5.16 Å². The highest BCUT2D eigenvalue weighted by molar-refractivity contribution is 8.00. The third-order valence-electron chi connectivity index (χ3n) is 4.42. The van der Waals surface area contributed by atoms with E-state index >= 15 is 0 Å². The van der Waals surface area contributed by atoms with Crippen molar-refractivity contribution in [3.8, 4) is 0 Å². The predicted octanol–water partition coefficient (Wildman–Crippen LogP) is 2.04. The summed E-state index contributed by atoms with van der Waals surface area (Å²) in [5.74, 6) is 0.159. The molecule has 6 heteroatoms. The average Bonchev–Trinajstić information content (AvgIpc) is 2.45. The Morgan fingerprint density at radius 2 is 1.80 bits per heavy atom. The van der Waals surface area contributed by atoms with Crippen LogP contribution in [0, 0.1) is 5.41 Å². The summed E-state index contributed by atoms with van der Waals surface area (Å²) in [6.07, 6.45) is 4.46. The first kappa shape index (κ1) is 15.5. The molecule has 0 aromatic heterocycles. The van der Waals surface area contributed by atoms with Gasteiger partial charge in [0.2, 0.25) is 5.91 Å². The highest BCUT2D eigenvalue weighted by atomic mass is 32.2. The molecule has 2 rings (SSSR count). The van der Waals surface area contributed by atoms with Gasteiger partial charge in [0.15, 0.2) is 5.84 Å². The van der Waals surface area contributed by atoms with Crippen molar-refractivity contribution < 1.29 is 10.0 Å². The lowest BCUT2D eigenvalue weighted by atomic mass is 9.72. The molecule has 3 N–H and O–H groups in total. The molecular weight excluding hydrogens is 274 g/mol. The minimum atomic E-state index is -0.769. The van der Waals surface area contributed by atoms with E-state index in [-0.39, 0.29) is 11.7 Å². The summed E-state index contributed by atoms with van der Waals surface area (Å²) < 4.78 is 0. The predicted molar refractivity (Wildman–Crippen MR) is 82.0 cm³/mol. The Hall–Kier alpha value is -0.910. The Labute approximate surface area is 124 Å². The van der Waals surface area contributed by atoms with E-state index in [0.717, 1.165) is 32.4 Å². The van der Waals surface area contributed by atoms with Crippen LogP contribution < -0.4 is 5.73 Å².